The predicted octanol–water partition coefficient (Wildman–Crippen LogP) is 2.03. The largest absolute Gasteiger partial charge is 0.473 e. The second-order valence-electron chi connectivity index (χ2n) is 4.46. The van der Waals surface area contributed by atoms with E-state index in [0.29, 0.717) is 18.9 Å². The lowest BCUT2D eigenvalue weighted by molar-refractivity contribution is -0.436. The molecule has 1 rings (SSSR count). The van der Waals surface area contributed by atoms with Crippen LogP contribution in [0.25, 0.3) is 0 Å². The Balaban J connectivity index is 3.02. The van der Waals surface area contributed by atoms with Crippen molar-refractivity contribution >= 4 is 5.84 Å². The fourth-order valence-electron chi connectivity index (χ4n) is 2.07. The molecule has 0 saturated heterocycles. The fourth-order valence-corrected chi connectivity index (χ4v) is 2.07. The molecule has 0 fully saturated rings. The highest BCUT2D eigenvalue weighted by molar-refractivity contribution is 5.81. The third-order valence-corrected chi connectivity index (χ3v) is 3.07. The van der Waals surface area contributed by atoms with E-state index in [9.17, 15) is 10.1 Å². The molecule has 0 aromatic heterocycles. The first kappa shape index (κ1) is 15.4. The van der Waals surface area contributed by atoms with Gasteiger partial charge in [-0.2, -0.15) is 4.99 Å². The lowest BCUT2D eigenvalue weighted by Gasteiger charge is -2.30. The molecule has 2 N–H and O–H groups in total. The minimum atomic E-state index is -0.472. The van der Waals surface area contributed by atoms with Crippen LogP contribution in [0, 0.1) is 10.1 Å². The van der Waals surface area contributed by atoms with Gasteiger partial charge in [-0.25, -0.2) is 5.84 Å². The van der Waals surface area contributed by atoms with Crippen molar-refractivity contribution in [3.8, 4) is 0 Å². The number of hydrogen-bond donors (Lipinski definition) is 1. The van der Waals surface area contributed by atoms with Gasteiger partial charge in [0.2, 0.25) is 0 Å². The van der Waals surface area contributed by atoms with Crippen LogP contribution < -0.4 is 5.84 Å². The van der Waals surface area contributed by atoms with E-state index in [1.165, 1.54) is 5.01 Å². The maximum Gasteiger partial charge on any atom is 0.331 e. The van der Waals surface area contributed by atoms with Crippen molar-refractivity contribution in [2.45, 2.75) is 52.5 Å². The van der Waals surface area contributed by atoms with Crippen LogP contribution in [0.5, 0.6) is 0 Å². The highest BCUT2D eigenvalue weighted by Gasteiger charge is 2.38. The molecular formula is C12H22N4O3. The van der Waals surface area contributed by atoms with Crippen molar-refractivity contribution < 1.29 is 9.66 Å². The summed E-state index contributed by atoms with van der Waals surface area (Å²) < 4.78 is 5.28. The third-order valence-electron chi connectivity index (χ3n) is 3.07. The van der Waals surface area contributed by atoms with E-state index in [0.717, 1.165) is 19.3 Å². The van der Waals surface area contributed by atoms with Crippen molar-refractivity contribution in [3.63, 3.8) is 0 Å². The molecule has 1 heterocycles. The summed E-state index contributed by atoms with van der Waals surface area (Å²) in [5, 5.41) is 12.6. The lowest BCUT2D eigenvalue weighted by Crippen LogP contribution is -2.49. The molecule has 0 aromatic carbocycles. The van der Waals surface area contributed by atoms with E-state index in [1.807, 2.05) is 0 Å². The number of nitro groups is 1. The van der Waals surface area contributed by atoms with Gasteiger partial charge in [0, 0.05) is 0 Å². The zero-order chi connectivity index (χ0) is 14.4. The van der Waals surface area contributed by atoms with E-state index in [4.69, 9.17) is 10.6 Å². The van der Waals surface area contributed by atoms with Gasteiger partial charge in [0.25, 0.3) is 5.88 Å². The summed E-state index contributed by atoms with van der Waals surface area (Å²) in [6, 6.07) is -0.472. The first-order valence-electron chi connectivity index (χ1n) is 6.63. The van der Waals surface area contributed by atoms with Gasteiger partial charge in [-0.15, -0.1) is 0 Å². The number of hydrazine groups is 1. The Morgan fingerprint density at radius 2 is 2.16 bits per heavy atom. The van der Waals surface area contributed by atoms with Crippen molar-refractivity contribution in [1.29, 1.82) is 0 Å². The topological polar surface area (TPSA) is 94.0 Å². The summed E-state index contributed by atoms with van der Waals surface area (Å²) in [5.74, 6) is 6.53. The summed E-state index contributed by atoms with van der Waals surface area (Å²) >= 11 is 0. The Bertz CT molecular complexity index is 392. The SMILES string of the molecule is CCCCCC1C([N+](=O)[O-])=C(OCC)N=C(C)N1N. The minimum Gasteiger partial charge on any atom is -0.473 e. The average molecular weight is 270 g/mol. The highest BCUT2D eigenvalue weighted by Crippen LogP contribution is 2.25. The zero-order valence-corrected chi connectivity index (χ0v) is 11.8. The van der Waals surface area contributed by atoms with Crippen LogP contribution >= 0.6 is 0 Å². The zero-order valence-electron chi connectivity index (χ0n) is 11.8. The minimum absolute atomic E-state index is 0.0361. The van der Waals surface area contributed by atoms with E-state index >= 15 is 0 Å². The number of hydrogen-bond acceptors (Lipinski definition) is 6. The van der Waals surface area contributed by atoms with Crippen LogP contribution in [0.4, 0.5) is 0 Å². The number of amidine groups is 1. The Labute approximate surface area is 113 Å². The maximum absolute atomic E-state index is 11.3. The normalized spacial score (nSPS) is 19.5. The Kier molecular flexibility index (Phi) is 5.75. The van der Waals surface area contributed by atoms with Gasteiger partial charge in [-0.3, -0.25) is 15.1 Å². The van der Waals surface area contributed by atoms with Gasteiger partial charge in [-0.1, -0.05) is 26.2 Å². The van der Waals surface area contributed by atoms with Gasteiger partial charge >= 0.3 is 5.70 Å². The Morgan fingerprint density at radius 3 is 2.68 bits per heavy atom. The summed E-state index contributed by atoms with van der Waals surface area (Å²) in [6.45, 7) is 5.93. The molecule has 1 aliphatic rings. The van der Waals surface area contributed by atoms with Gasteiger partial charge in [0.1, 0.15) is 11.9 Å². The molecule has 0 aliphatic carbocycles. The first-order valence-corrected chi connectivity index (χ1v) is 6.63. The molecule has 7 heteroatoms. The lowest BCUT2D eigenvalue weighted by atomic mass is 10.0. The van der Waals surface area contributed by atoms with Crippen LogP contribution in [0.15, 0.2) is 16.6 Å². The summed E-state index contributed by atoms with van der Waals surface area (Å²) in [6.07, 6.45) is 3.60. The van der Waals surface area contributed by atoms with E-state index in [1.54, 1.807) is 13.8 Å². The molecule has 0 aromatic rings. The molecule has 1 aliphatic heterocycles. The number of unbranched alkanes of at least 4 members (excludes halogenated alkanes) is 2. The molecule has 1 atom stereocenters. The molecule has 0 saturated carbocycles. The fraction of sp³-hybridized carbons (Fsp3) is 0.750. The van der Waals surface area contributed by atoms with E-state index in [-0.39, 0.29) is 11.6 Å². The molecule has 1 unspecified atom stereocenters. The third kappa shape index (κ3) is 3.66. The van der Waals surface area contributed by atoms with Crippen LogP contribution in [0.3, 0.4) is 0 Å². The van der Waals surface area contributed by atoms with Gasteiger partial charge in [-0.05, 0) is 20.3 Å². The number of nitrogens with two attached hydrogens (primary N) is 1. The van der Waals surface area contributed by atoms with Crippen molar-refractivity contribution in [3.05, 3.63) is 21.7 Å². The molecule has 0 amide bonds. The highest BCUT2D eigenvalue weighted by atomic mass is 16.6. The second kappa shape index (κ2) is 7.08. The maximum atomic E-state index is 11.3. The Hall–Kier alpha value is -1.63. The average Bonchev–Trinajstić information content (AvgIpc) is 2.35. The van der Waals surface area contributed by atoms with Crippen molar-refractivity contribution in [1.82, 2.24) is 5.01 Å². The van der Waals surface area contributed by atoms with Crippen LogP contribution in [0.2, 0.25) is 0 Å². The van der Waals surface area contributed by atoms with Crippen molar-refractivity contribution in [2.24, 2.45) is 10.8 Å². The predicted molar refractivity (Wildman–Crippen MR) is 72.7 cm³/mol. The molecule has 7 nitrogen and oxygen atoms in total. The summed E-state index contributed by atoms with van der Waals surface area (Å²) in [7, 11) is 0. The van der Waals surface area contributed by atoms with Crippen LogP contribution in [0.1, 0.15) is 46.5 Å². The van der Waals surface area contributed by atoms with Crippen molar-refractivity contribution in [2.75, 3.05) is 6.61 Å². The Morgan fingerprint density at radius 1 is 1.47 bits per heavy atom. The van der Waals surface area contributed by atoms with E-state index < -0.39 is 11.0 Å². The second-order valence-corrected chi connectivity index (χ2v) is 4.46. The summed E-state index contributed by atoms with van der Waals surface area (Å²) in [5.41, 5.74) is -0.0361. The standard InChI is InChI=1S/C12H22N4O3/c1-4-6-7-8-10-11(16(17)18)12(19-5-2)14-9(3)15(10)13/h10H,4-8,13H2,1-3H3. The van der Waals surface area contributed by atoms with Gasteiger partial charge in [0.05, 0.1) is 11.5 Å². The molecule has 0 radical (unpaired) electrons. The number of aliphatic imine (C=N–C) groups is 1. The number of rotatable bonds is 7. The molecule has 0 bridgehead atoms. The van der Waals surface area contributed by atoms with E-state index in [2.05, 4.69) is 11.9 Å². The molecule has 19 heavy (non-hydrogen) atoms. The smallest absolute Gasteiger partial charge is 0.331 e. The molecule has 0 spiro atoms. The monoisotopic (exact) mass is 270 g/mol. The van der Waals surface area contributed by atoms with Gasteiger partial charge in [0.15, 0.2) is 0 Å². The summed E-state index contributed by atoms with van der Waals surface area (Å²) in [4.78, 5) is 14.9. The first-order chi connectivity index (χ1) is 9.02. The quantitative estimate of drug-likeness (QED) is 0.330. The van der Waals surface area contributed by atoms with Crippen LogP contribution in [-0.4, -0.2) is 28.4 Å². The van der Waals surface area contributed by atoms with Gasteiger partial charge < -0.3 is 4.74 Å². The van der Waals surface area contributed by atoms with Crippen LogP contribution in [-0.2, 0) is 4.74 Å². The molecular weight excluding hydrogens is 248 g/mol. The number of nitrogens with zero attached hydrogens (tertiary/aromatic N) is 3. The number of ether oxygens (including phenoxy) is 1. The molecule has 108 valence electrons.